The molecular formula is C22H31NO. The molecule has 0 amide bonds. The number of rotatable bonds is 11. The summed E-state index contributed by atoms with van der Waals surface area (Å²) in [4.78, 5) is 0. The Morgan fingerprint density at radius 2 is 1.46 bits per heavy atom. The van der Waals surface area contributed by atoms with Gasteiger partial charge in [-0.15, -0.1) is 0 Å². The minimum Gasteiger partial charge on any atom is -0.393 e. The molecule has 24 heavy (non-hydrogen) atoms. The van der Waals surface area contributed by atoms with Crippen molar-refractivity contribution in [3.63, 3.8) is 0 Å². The molecule has 0 fully saturated rings. The Morgan fingerprint density at radius 1 is 0.792 bits per heavy atom. The van der Waals surface area contributed by atoms with Crippen LogP contribution in [0.4, 0.5) is 11.4 Å². The molecule has 0 aliphatic rings. The number of hydrogen-bond acceptors (Lipinski definition) is 2. The highest BCUT2D eigenvalue weighted by Crippen LogP contribution is 2.18. The van der Waals surface area contributed by atoms with Crippen LogP contribution in [-0.2, 0) is 6.42 Å². The molecule has 2 nitrogen and oxygen atoms in total. The van der Waals surface area contributed by atoms with E-state index in [1.165, 1.54) is 24.8 Å². The van der Waals surface area contributed by atoms with E-state index in [1.54, 1.807) is 0 Å². The second-order valence-electron chi connectivity index (χ2n) is 6.58. The van der Waals surface area contributed by atoms with Gasteiger partial charge in [0.1, 0.15) is 0 Å². The van der Waals surface area contributed by atoms with E-state index >= 15 is 0 Å². The molecule has 0 bridgehead atoms. The molecule has 1 unspecified atom stereocenters. The number of para-hydroxylation sites is 1. The maximum Gasteiger partial charge on any atom is 0.0540 e. The summed E-state index contributed by atoms with van der Waals surface area (Å²) >= 11 is 0. The first-order valence-corrected chi connectivity index (χ1v) is 9.37. The Labute approximate surface area is 146 Å². The van der Waals surface area contributed by atoms with Gasteiger partial charge >= 0.3 is 0 Å². The van der Waals surface area contributed by atoms with Crippen molar-refractivity contribution >= 4 is 11.4 Å². The van der Waals surface area contributed by atoms with E-state index in [0.717, 1.165) is 43.5 Å². The zero-order valence-electron chi connectivity index (χ0n) is 14.9. The van der Waals surface area contributed by atoms with Crippen molar-refractivity contribution in [2.45, 2.75) is 64.4 Å². The van der Waals surface area contributed by atoms with Crippen molar-refractivity contribution in [2.24, 2.45) is 0 Å². The number of aliphatic hydroxyl groups excluding tert-OH is 1. The lowest BCUT2D eigenvalue weighted by molar-refractivity contribution is 0.150. The van der Waals surface area contributed by atoms with Crippen LogP contribution in [0.1, 0.15) is 57.4 Å². The second-order valence-corrected chi connectivity index (χ2v) is 6.58. The van der Waals surface area contributed by atoms with Crippen LogP contribution in [0.25, 0.3) is 0 Å². The van der Waals surface area contributed by atoms with Gasteiger partial charge in [-0.1, -0.05) is 62.9 Å². The minimum atomic E-state index is -0.0836. The van der Waals surface area contributed by atoms with Crippen molar-refractivity contribution in [2.75, 3.05) is 5.32 Å². The average Bonchev–Trinajstić information content (AvgIpc) is 2.60. The molecule has 2 rings (SSSR count). The molecule has 0 saturated heterocycles. The van der Waals surface area contributed by atoms with Crippen molar-refractivity contribution in [3.05, 3.63) is 60.2 Å². The summed E-state index contributed by atoms with van der Waals surface area (Å²) in [6.45, 7) is 2.13. The third kappa shape index (κ3) is 7.18. The molecule has 2 aromatic rings. The van der Waals surface area contributed by atoms with Crippen LogP contribution in [0.2, 0.25) is 0 Å². The first-order chi connectivity index (χ1) is 11.8. The Balaban J connectivity index is 1.62. The Morgan fingerprint density at radius 3 is 2.17 bits per heavy atom. The molecule has 130 valence electrons. The first kappa shape index (κ1) is 18.5. The molecule has 0 radical (unpaired) electrons. The fourth-order valence-corrected chi connectivity index (χ4v) is 2.98. The van der Waals surface area contributed by atoms with E-state index < -0.39 is 0 Å². The van der Waals surface area contributed by atoms with Gasteiger partial charge in [-0.25, -0.2) is 0 Å². The lowest BCUT2D eigenvalue weighted by Crippen LogP contribution is -2.04. The summed E-state index contributed by atoms with van der Waals surface area (Å²) < 4.78 is 0. The van der Waals surface area contributed by atoms with Crippen LogP contribution in [0.15, 0.2) is 54.6 Å². The molecule has 0 spiro atoms. The summed E-state index contributed by atoms with van der Waals surface area (Å²) in [5.41, 5.74) is 3.66. The Bertz CT molecular complexity index is 550. The summed E-state index contributed by atoms with van der Waals surface area (Å²) in [7, 11) is 0. The van der Waals surface area contributed by atoms with Gasteiger partial charge in [-0.2, -0.15) is 0 Å². The highest BCUT2D eigenvalue weighted by atomic mass is 16.3. The van der Waals surface area contributed by atoms with Gasteiger partial charge in [0.15, 0.2) is 0 Å². The maximum absolute atomic E-state index is 9.71. The van der Waals surface area contributed by atoms with E-state index in [-0.39, 0.29) is 6.10 Å². The largest absolute Gasteiger partial charge is 0.393 e. The van der Waals surface area contributed by atoms with E-state index in [0.29, 0.717) is 0 Å². The zero-order chi connectivity index (χ0) is 17.0. The Kier molecular flexibility index (Phi) is 8.40. The predicted molar refractivity (Wildman–Crippen MR) is 104 cm³/mol. The van der Waals surface area contributed by atoms with E-state index in [1.807, 2.05) is 18.2 Å². The number of benzene rings is 2. The Hall–Kier alpha value is -1.80. The van der Waals surface area contributed by atoms with Gasteiger partial charge in [0, 0.05) is 11.4 Å². The van der Waals surface area contributed by atoms with Gasteiger partial charge in [0.2, 0.25) is 0 Å². The fraction of sp³-hybridized carbons (Fsp3) is 0.455. The van der Waals surface area contributed by atoms with Gasteiger partial charge in [-0.3, -0.25) is 0 Å². The highest BCUT2D eigenvalue weighted by molar-refractivity contribution is 5.59. The lowest BCUT2D eigenvalue weighted by atomic mass is 10.0. The van der Waals surface area contributed by atoms with E-state index in [4.69, 9.17) is 0 Å². The van der Waals surface area contributed by atoms with Crippen LogP contribution in [-0.4, -0.2) is 11.2 Å². The minimum absolute atomic E-state index is 0.0836. The molecule has 0 heterocycles. The molecule has 0 aliphatic heterocycles. The van der Waals surface area contributed by atoms with Crippen molar-refractivity contribution in [3.8, 4) is 0 Å². The summed E-state index contributed by atoms with van der Waals surface area (Å²) in [5.74, 6) is 0. The fourth-order valence-electron chi connectivity index (χ4n) is 2.98. The average molecular weight is 325 g/mol. The summed E-state index contributed by atoms with van der Waals surface area (Å²) in [5, 5.41) is 13.1. The number of unbranched alkanes of at least 4 members (excludes halogenated alkanes) is 3. The molecule has 2 aromatic carbocycles. The lowest BCUT2D eigenvalue weighted by Gasteiger charge is -2.09. The van der Waals surface area contributed by atoms with E-state index in [9.17, 15) is 5.11 Å². The number of hydrogen-bond donors (Lipinski definition) is 2. The third-order valence-electron chi connectivity index (χ3n) is 4.39. The monoisotopic (exact) mass is 325 g/mol. The van der Waals surface area contributed by atoms with Crippen LogP contribution < -0.4 is 5.32 Å². The molecule has 0 aliphatic carbocycles. The van der Waals surface area contributed by atoms with Crippen molar-refractivity contribution in [1.82, 2.24) is 0 Å². The van der Waals surface area contributed by atoms with E-state index in [2.05, 4.69) is 48.6 Å². The molecule has 2 heteroatoms. The number of nitrogens with one attached hydrogen (secondary N) is 1. The number of aliphatic hydroxyl groups is 1. The van der Waals surface area contributed by atoms with Gasteiger partial charge < -0.3 is 10.4 Å². The van der Waals surface area contributed by atoms with Crippen LogP contribution in [0.3, 0.4) is 0 Å². The molecule has 1 atom stereocenters. The number of aryl methyl sites for hydroxylation is 1. The second kappa shape index (κ2) is 10.9. The summed E-state index contributed by atoms with van der Waals surface area (Å²) in [6.07, 6.45) is 8.92. The molecule has 0 aromatic heterocycles. The van der Waals surface area contributed by atoms with Gasteiger partial charge in [0.25, 0.3) is 0 Å². The quantitative estimate of drug-likeness (QED) is 0.490. The smallest absolute Gasteiger partial charge is 0.0540 e. The van der Waals surface area contributed by atoms with Gasteiger partial charge in [-0.05, 0) is 55.5 Å². The third-order valence-corrected chi connectivity index (χ3v) is 4.39. The highest BCUT2D eigenvalue weighted by Gasteiger charge is 2.02. The van der Waals surface area contributed by atoms with Crippen LogP contribution in [0.5, 0.6) is 0 Å². The first-order valence-electron chi connectivity index (χ1n) is 9.37. The standard InChI is InChI=1S/C22H31NO/c1-2-10-22(24)14-9-4-3-6-11-19-15-17-21(18-16-19)23-20-12-7-5-8-13-20/h5,7-8,12-13,15-18,22-24H,2-4,6,9-11,14H2,1H3. The van der Waals surface area contributed by atoms with Crippen LogP contribution in [0, 0.1) is 0 Å². The van der Waals surface area contributed by atoms with Crippen molar-refractivity contribution in [1.29, 1.82) is 0 Å². The molecule has 0 saturated carbocycles. The molecule has 2 N–H and O–H groups in total. The SMILES string of the molecule is CCCC(O)CCCCCCc1ccc(Nc2ccccc2)cc1. The van der Waals surface area contributed by atoms with Crippen molar-refractivity contribution < 1.29 is 5.11 Å². The predicted octanol–water partition coefficient (Wildman–Crippen LogP) is 6.08. The van der Waals surface area contributed by atoms with Crippen LogP contribution >= 0.6 is 0 Å². The zero-order valence-corrected chi connectivity index (χ0v) is 14.9. The summed E-state index contributed by atoms with van der Waals surface area (Å²) in [6, 6.07) is 19.0. The topological polar surface area (TPSA) is 32.3 Å². The normalized spacial score (nSPS) is 12.1. The van der Waals surface area contributed by atoms with Gasteiger partial charge in [0.05, 0.1) is 6.10 Å². The molecular weight excluding hydrogens is 294 g/mol. The maximum atomic E-state index is 9.71. The number of anilines is 2.